The highest BCUT2D eigenvalue weighted by Gasteiger charge is 2.26. The van der Waals surface area contributed by atoms with E-state index in [9.17, 15) is 13.2 Å². The van der Waals surface area contributed by atoms with E-state index in [1.165, 1.54) is 0 Å². The Kier molecular flexibility index (Phi) is 5.03. The Hall–Kier alpha value is -2.16. The smallest absolute Gasteiger partial charge is 0.308 e. The number of benzene rings is 2. The summed E-state index contributed by atoms with van der Waals surface area (Å²) in [7, 11) is -2.08. The molecule has 1 N–H and O–H groups in total. The highest BCUT2D eigenvalue weighted by atomic mass is 32.2. The molecule has 0 radical (unpaired) electrons. The van der Waals surface area contributed by atoms with Crippen LogP contribution in [0.15, 0.2) is 46.1 Å². The zero-order valence-electron chi connectivity index (χ0n) is 15.8. The van der Waals surface area contributed by atoms with E-state index in [1.807, 2.05) is 25.1 Å². The number of nitrogens with zero attached hydrogens (tertiary/aromatic N) is 1. The van der Waals surface area contributed by atoms with Gasteiger partial charge in [0.25, 0.3) is 0 Å². The van der Waals surface area contributed by atoms with Gasteiger partial charge in [-0.15, -0.1) is 0 Å². The molecule has 1 aliphatic rings. The Morgan fingerprint density at radius 1 is 1.25 bits per heavy atom. The molecule has 148 valence electrons. The van der Waals surface area contributed by atoms with Gasteiger partial charge in [0.05, 0.1) is 22.2 Å². The molecule has 0 unspecified atom stereocenters. The van der Waals surface area contributed by atoms with E-state index in [2.05, 4.69) is 4.72 Å². The van der Waals surface area contributed by atoms with Gasteiger partial charge < -0.3 is 4.74 Å². The molecule has 28 heavy (non-hydrogen) atoms. The molecule has 1 aliphatic carbocycles. The number of rotatable bonds is 5. The minimum atomic E-state index is -3.71. The molecule has 0 amide bonds. The summed E-state index contributed by atoms with van der Waals surface area (Å²) >= 11 is 1.07. The van der Waals surface area contributed by atoms with Crippen LogP contribution in [0.3, 0.4) is 0 Å². The summed E-state index contributed by atoms with van der Waals surface area (Å²) in [5.41, 5.74) is 2.89. The average molecular weight is 419 g/mol. The van der Waals surface area contributed by atoms with E-state index in [4.69, 9.17) is 4.74 Å². The first-order valence-electron chi connectivity index (χ1n) is 9.25. The number of hydrogen-bond acceptors (Lipinski definition) is 5. The Bertz CT molecular complexity index is 1190. The number of nitrogens with one attached hydrogen (secondary N) is 1. The van der Waals surface area contributed by atoms with Gasteiger partial charge in [0.15, 0.2) is 0 Å². The van der Waals surface area contributed by atoms with Crippen molar-refractivity contribution in [3.8, 4) is 5.75 Å². The van der Waals surface area contributed by atoms with Crippen LogP contribution in [0, 0.1) is 0 Å². The van der Waals surface area contributed by atoms with Gasteiger partial charge in [-0.25, -0.2) is 13.1 Å². The molecule has 3 aromatic rings. The van der Waals surface area contributed by atoms with E-state index in [-0.39, 0.29) is 15.8 Å². The number of ether oxygens (including phenoxy) is 1. The van der Waals surface area contributed by atoms with Crippen LogP contribution in [0.4, 0.5) is 0 Å². The fourth-order valence-electron chi connectivity index (χ4n) is 3.81. The molecule has 0 bridgehead atoms. The van der Waals surface area contributed by atoms with Crippen LogP contribution in [0.1, 0.15) is 36.9 Å². The van der Waals surface area contributed by atoms with Gasteiger partial charge in [-0.1, -0.05) is 17.4 Å². The Labute approximate surface area is 167 Å². The lowest BCUT2D eigenvalue weighted by Gasteiger charge is -2.26. The maximum absolute atomic E-state index is 13.0. The van der Waals surface area contributed by atoms with Crippen molar-refractivity contribution in [2.24, 2.45) is 0 Å². The van der Waals surface area contributed by atoms with Gasteiger partial charge >= 0.3 is 4.87 Å². The van der Waals surface area contributed by atoms with Crippen LogP contribution in [-0.2, 0) is 23.0 Å². The normalized spacial score (nSPS) is 16.9. The standard InChI is InChI=1S/C20H22N2O4S2/c1-3-22-18-10-8-15(12-19(18)27-20(22)23)28(24,25)21-17-6-4-5-13-11-14(26-2)7-9-16(13)17/h7-12,17,21H,3-6H2,1-2H3/t17-/m0/s1. The quantitative estimate of drug-likeness (QED) is 0.688. The summed E-state index contributed by atoms with van der Waals surface area (Å²) in [6.07, 6.45) is 2.57. The van der Waals surface area contributed by atoms with E-state index in [0.29, 0.717) is 11.2 Å². The number of aromatic nitrogens is 1. The van der Waals surface area contributed by atoms with E-state index < -0.39 is 10.0 Å². The topological polar surface area (TPSA) is 77.4 Å². The van der Waals surface area contributed by atoms with Gasteiger partial charge in [-0.3, -0.25) is 9.36 Å². The molecule has 0 aliphatic heterocycles. The molecule has 8 heteroatoms. The maximum Gasteiger partial charge on any atom is 0.308 e. The largest absolute Gasteiger partial charge is 0.497 e. The Morgan fingerprint density at radius 3 is 2.82 bits per heavy atom. The van der Waals surface area contributed by atoms with Gasteiger partial charge in [-0.05, 0) is 67.6 Å². The van der Waals surface area contributed by atoms with Crippen LogP contribution in [0.2, 0.25) is 0 Å². The number of sulfonamides is 1. The van der Waals surface area contributed by atoms with Crippen LogP contribution < -0.4 is 14.3 Å². The second-order valence-electron chi connectivity index (χ2n) is 6.87. The monoisotopic (exact) mass is 418 g/mol. The number of fused-ring (bicyclic) bond motifs is 2. The van der Waals surface area contributed by atoms with Gasteiger partial charge in [-0.2, -0.15) is 0 Å². The third-order valence-corrected chi connectivity index (χ3v) is 7.64. The average Bonchev–Trinajstić information content (AvgIpc) is 3.01. The minimum absolute atomic E-state index is 0.0739. The zero-order valence-corrected chi connectivity index (χ0v) is 17.4. The molecule has 0 spiro atoms. The molecule has 0 saturated heterocycles. The molecule has 2 aromatic carbocycles. The molecule has 0 fully saturated rings. The highest BCUT2D eigenvalue weighted by Crippen LogP contribution is 2.33. The van der Waals surface area contributed by atoms with Crippen LogP contribution in [0.25, 0.3) is 10.2 Å². The van der Waals surface area contributed by atoms with Crippen molar-refractivity contribution in [1.82, 2.24) is 9.29 Å². The first-order chi connectivity index (χ1) is 13.4. The van der Waals surface area contributed by atoms with Crippen LogP contribution in [-0.4, -0.2) is 20.1 Å². The number of hydrogen-bond donors (Lipinski definition) is 1. The Balaban J connectivity index is 1.67. The molecular weight excluding hydrogens is 396 g/mol. The van der Waals surface area contributed by atoms with Crippen molar-refractivity contribution in [3.63, 3.8) is 0 Å². The summed E-state index contributed by atoms with van der Waals surface area (Å²) in [5.74, 6) is 0.781. The van der Waals surface area contributed by atoms with Crippen LogP contribution in [0.5, 0.6) is 5.75 Å². The van der Waals surface area contributed by atoms with Crippen molar-refractivity contribution in [1.29, 1.82) is 0 Å². The summed E-state index contributed by atoms with van der Waals surface area (Å²) in [6.45, 7) is 2.46. The fraction of sp³-hybridized carbons (Fsp3) is 0.350. The second kappa shape index (κ2) is 7.35. The van der Waals surface area contributed by atoms with Gasteiger partial charge in [0.2, 0.25) is 10.0 Å². The number of aryl methyl sites for hydroxylation is 2. The molecule has 0 saturated carbocycles. The lowest BCUT2D eigenvalue weighted by molar-refractivity contribution is 0.412. The van der Waals surface area contributed by atoms with Crippen LogP contribution >= 0.6 is 11.3 Å². The van der Waals surface area contributed by atoms with E-state index >= 15 is 0 Å². The second-order valence-corrected chi connectivity index (χ2v) is 9.58. The highest BCUT2D eigenvalue weighted by molar-refractivity contribution is 7.89. The van der Waals surface area contributed by atoms with Crippen molar-refractivity contribution in [3.05, 3.63) is 57.2 Å². The zero-order chi connectivity index (χ0) is 19.9. The summed E-state index contributed by atoms with van der Waals surface area (Å²) in [6, 6.07) is 10.4. The lowest BCUT2D eigenvalue weighted by Crippen LogP contribution is -2.31. The molecule has 1 heterocycles. The first-order valence-corrected chi connectivity index (χ1v) is 11.6. The SMILES string of the molecule is CCn1c(=O)sc2cc(S(=O)(=O)N[C@H]3CCCc4cc(OC)ccc43)ccc21. The minimum Gasteiger partial charge on any atom is -0.497 e. The van der Waals surface area contributed by atoms with Crippen molar-refractivity contribution >= 4 is 31.6 Å². The molecule has 1 atom stereocenters. The summed E-state index contributed by atoms with van der Waals surface area (Å²) < 4.78 is 36.5. The number of thiazole rings is 1. The van der Waals surface area contributed by atoms with Crippen molar-refractivity contribution < 1.29 is 13.2 Å². The Morgan fingerprint density at radius 2 is 2.07 bits per heavy atom. The fourth-order valence-corrected chi connectivity index (χ4v) is 6.15. The van der Waals surface area contributed by atoms with E-state index in [1.54, 1.807) is 29.9 Å². The predicted octanol–water partition coefficient (Wildman–Crippen LogP) is 3.45. The third kappa shape index (κ3) is 3.36. The lowest BCUT2D eigenvalue weighted by atomic mass is 9.88. The molecular formula is C20H22N2O4S2. The predicted molar refractivity (Wildman–Crippen MR) is 111 cm³/mol. The third-order valence-electron chi connectivity index (χ3n) is 5.23. The maximum atomic E-state index is 13.0. The first kappa shape index (κ1) is 19.2. The molecule has 6 nitrogen and oxygen atoms in total. The summed E-state index contributed by atoms with van der Waals surface area (Å²) in [5, 5.41) is 0. The van der Waals surface area contributed by atoms with Gasteiger partial charge in [0, 0.05) is 12.6 Å². The van der Waals surface area contributed by atoms with Gasteiger partial charge in [0.1, 0.15) is 5.75 Å². The van der Waals surface area contributed by atoms with Crippen molar-refractivity contribution in [2.75, 3.05) is 7.11 Å². The van der Waals surface area contributed by atoms with E-state index in [0.717, 1.165) is 53.0 Å². The molecule has 1 aromatic heterocycles. The number of methoxy groups -OCH3 is 1. The molecule has 4 rings (SSSR count). The van der Waals surface area contributed by atoms with Crippen molar-refractivity contribution in [2.45, 2.75) is 43.7 Å². The summed E-state index contributed by atoms with van der Waals surface area (Å²) in [4.78, 5) is 12.2.